The van der Waals surface area contributed by atoms with Gasteiger partial charge in [-0.15, -0.1) is 11.3 Å². The van der Waals surface area contributed by atoms with Crippen molar-refractivity contribution < 1.29 is 9.59 Å². The maximum Gasteiger partial charge on any atom is 0.262 e. The SMILES string of the molecule is CC(=O)[C@@H](Cc1ccccc1)NC(=O)Cn1cnc2sc3c(c2c1=O)CCCC3. The maximum atomic E-state index is 13.0. The van der Waals surface area contributed by atoms with Crippen molar-refractivity contribution in [3.8, 4) is 0 Å². The van der Waals surface area contributed by atoms with Gasteiger partial charge in [0.05, 0.1) is 17.8 Å². The first-order chi connectivity index (χ1) is 14.0. The summed E-state index contributed by atoms with van der Waals surface area (Å²) in [5.41, 5.74) is 1.90. The average molecular weight is 410 g/mol. The third-order valence-electron chi connectivity index (χ3n) is 5.36. The van der Waals surface area contributed by atoms with Gasteiger partial charge in [0.15, 0.2) is 5.78 Å². The van der Waals surface area contributed by atoms with Crippen LogP contribution in [0.2, 0.25) is 0 Å². The predicted octanol–water partition coefficient (Wildman–Crippen LogP) is 2.65. The lowest BCUT2D eigenvalue weighted by Gasteiger charge is -2.16. The second-order valence-electron chi connectivity index (χ2n) is 7.49. The Morgan fingerprint density at radius 3 is 2.72 bits per heavy atom. The van der Waals surface area contributed by atoms with Gasteiger partial charge in [0, 0.05) is 4.88 Å². The molecule has 0 saturated heterocycles. The molecule has 2 aromatic heterocycles. The van der Waals surface area contributed by atoms with E-state index < -0.39 is 6.04 Å². The highest BCUT2D eigenvalue weighted by Crippen LogP contribution is 2.33. The van der Waals surface area contributed by atoms with Gasteiger partial charge in [-0.2, -0.15) is 0 Å². The van der Waals surface area contributed by atoms with E-state index in [1.165, 1.54) is 22.7 Å². The number of hydrogen-bond donors (Lipinski definition) is 1. The van der Waals surface area contributed by atoms with E-state index in [1.807, 2.05) is 30.3 Å². The van der Waals surface area contributed by atoms with E-state index in [4.69, 9.17) is 0 Å². The standard InChI is InChI=1S/C22H23N3O3S/c1-14(26)17(11-15-7-3-2-4-8-15)24-19(27)12-25-13-23-21-20(22(25)28)16-9-5-6-10-18(16)29-21/h2-4,7-8,13,17H,5-6,9-12H2,1H3,(H,24,27)/t17-/m1/s1. The molecular formula is C22H23N3O3S. The number of ketones is 1. The Labute approximate surface area is 172 Å². The molecular weight excluding hydrogens is 386 g/mol. The van der Waals surface area contributed by atoms with E-state index in [0.29, 0.717) is 11.8 Å². The molecule has 3 aromatic rings. The molecule has 6 nitrogen and oxygen atoms in total. The van der Waals surface area contributed by atoms with Crippen LogP contribution in [-0.2, 0) is 35.4 Å². The van der Waals surface area contributed by atoms with Gasteiger partial charge in [0.2, 0.25) is 5.91 Å². The number of thiophene rings is 1. The van der Waals surface area contributed by atoms with Gasteiger partial charge < -0.3 is 5.32 Å². The predicted molar refractivity (Wildman–Crippen MR) is 113 cm³/mol. The Morgan fingerprint density at radius 1 is 1.21 bits per heavy atom. The summed E-state index contributed by atoms with van der Waals surface area (Å²) in [6, 6.07) is 8.93. The number of benzene rings is 1. The Balaban J connectivity index is 1.53. The summed E-state index contributed by atoms with van der Waals surface area (Å²) >= 11 is 1.59. The molecule has 1 aromatic carbocycles. The van der Waals surface area contributed by atoms with Crippen LogP contribution in [0.5, 0.6) is 0 Å². The maximum absolute atomic E-state index is 13.0. The molecule has 29 heavy (non-hydrogen) atoms. The van der Waals surface area contributed by atoms with Gasteiger partial charge in [0.1, 0.15) is 11.4 Å². The fourth-order valence-electron chi connectivity index (χ4n) is 3.83. The highest BCUT2D eigenvalue weighted by Gasteiger charge is 2.22. The number of aryl methyl sites for hydroxylation is 2. The van der Waals surface area contributed by atoms with Crippen LogP contribution in [0.4, 0.5) is 0 Å². The number of Topliss-reactive ketones (excluding diaryl/α,β-unsaturated/α-hetero) is 1. The molecule has 0 fully saturated rings. The highest BCUT2D eigenvalue weighted by molar-refractivity contribution is 7.18. The van der Waals surface area contributed by atoms with E-state index in [9.17, 15) is 14.4 Å². The van der Waals surface area contributed by atoms with Crippen molar-refractivity contribution in [3.05, 3.63) is 63.0 Å². The van der Waals surface area contributed by atoms with Crippen molar-refractivity contribution in [2.45, 2.75) is 51.6 Å². The molecule has 0 saturated carbocycles. The lowest BCUT2D eigenvalue weighted by molar-refractivity contribution is -0.127. The zero-order valence-corrected chi connectivity index (χ0v) is 17.1. The molecule has 0 radical (unpaired) electrons. The average Bonchev–Trinajstić information content (AvgIpc) is 3.09. The van der Waals surface area contributed by atoms with E-state index in [0.717, 1.165) is 41.6 Å². The molecule has 7 heteroatoms. The van der Waals surface area contributed by atoms with Crippen LogP contribution >= 0.6 is 11.3 Å². The number of hydrogen-bond acceptors (Lipinski definition) is 5. The van der Waals surface area contributed by atoms with Crippen molar-refractivity contribution >= 4 is 33.2 Å². The number of carbonyl (C=O) groups is 2. The fourth-order valence-corrected chi connectivity index (χ4v) is 5.05. The summed E-state index contributed by atoms with van der Waals surface area (Å²) in [6.07, 6.45) is 5.97. The highest BCUT2D eigenvalue weighted by atomic mass is 32.1. The molecule has 2 heterocycles. The Hall–Kier alpha value is -2.80. The molecule has 1 amide bonds. The molecule has 0 unspecified atom stereocenters. The number of rotatable bonds is 6. The molecule has 0 aliphatic heterocycles. The number of aromatic nitrogens is 2. The first kappa shape index (κ1) is 19.5. The largest absolute Gasteiger partial charge is 0.344 e. The van der Waals surface area contributed by atoms with Crippen LogP contribution in [0, 0.1) is 0 Å². The van der Waals surface area contributed by atoms with Crippen LogP contribution < -0.4 is 10.9 Å². The Bertz CT molecular complexity index is 1120. The molecule has 0 spiro atoms. The smallest absolute Gasteiger partial charge is 0.262 e. The monoisotopic (exact) mass is 409 g/mol. The van der Waals surface area contributed by atoms with E-state index >= 15 is 0 Å². The van der Waals surface area contributed by atoms with Gasteiger partial charge in [-0.1, -0.05) is 30.3 Å². The topological polar surface area (TPSA) is 81.1 Å². The molecule has 150 valence electrons. The summed E-state index contributed by atoms with van der Waals surface area (Å²) in [5, 5.41) is 3.43. The minimum atomic E-state index is -0.619. The molecule has 1 N–H and O–H groups in total. The molecule has 1 aliphatic rings. The molecule has 4 rings (SSSR count). The van der Waals surface area contributed by atoms with Crippen molar-refractivity contribution in [2.75, 3.05) is 0 Å². The lowest BCUT2D eigenvalue weighted by atomic mass is 9.97. The van der Waals surface area contributed by atoms with Crippen molar-refractivity contribution in [3.63, 3.8) is 0 Å². The number of nitrogens with one attached hydrogen (secondary N) is 1. The summed E-state index contributed by atoms with van der Waals surface area (Å²) in [5.74, 6) is -0.483. The lowest BCUT2D eigenvalue weighted by Crippen LogP contribution is -2.43. The Kier molecular flexibility index (Phi) is 5.58. The normalized spacial score (nSPS) is 14.4. The van der Waals surface area contributed by atoms with Gasteiger partial charge >= 0.3 is 0 Å². The summed E-state index contributed by atoms with van der Waals surface area (Å²) < 4.78 is 1.35. The summed E-state index contributed by atoms with van der Waals surface area (Å²) in [6.45, 7) is 1.32. The summed E-state index contributed by atoms with van der Waals surface area (Å²) in [7, 11) is 0. The quantitative estimate of drug-likeness (QED) is 0.679. The zero-order chi connectivity index (χ0) is 20.4. The van der Waals surface area contributed by atoms with Crippen LogP contribution in [0.3, 0.4) is 0 Å². The minimum Gasteiger partial charge on any atom is -0.344 e. The van der Waals surface area contributed by atoms with Crippen molar-refractivity contribution in [1.82, 2.24) is 14.9 Å². The number of nitrogens with zero attached hydrogens (tertiary/aromatic N) is 2. The van der Waals surface area contributed by atoms with Crippen LogP contribution in [0.25, 0.3) is 10.2 Å². The van der Waals surface area contributed by atoms with Gasteiger partial charge in [0.25, 0.3) is 5.56 Å². The first-order valence-electron chi connectivity index (χ1n) is 9.86. The van der Waals surface area contributed by atoms with E-state index in [-0.39, 0.29) is 23.8 Å². The first-order valence-corrected chi connectivity index (χ1v) is 10.7. The second kappa shape index (κ2) is 8.29. The minimum absolute atomic E-state index is 0.116. The van der Waals surface area contributed by atoms with Crippen LogP contribution in [-0.4, -0.2) is 27.3 Å². The van der Waals surface area contributed by atoms with Gasteiger partial charge in [-0.3, -0.25) is 19.0 Å². The molecule has 0 bridgehead atoms. The zero-order valence-electron chi connectivity index (χ0n) is 16.3. The third kappa shape index (κ3) is 4.15. The Morgan fingerprint density at radius 2 is 1.97 bits per heavy atom. The van der Waals surface area contributed by atoms with Gasteiger partial charge in [-0.25, -0.2) is 4.98 Å². The van der Waals surface area contributed by atoms with E-state index in [2.05, 4.69) is 10.3 Å². The number of amides is 1. The van der Waals surface area contributed by atoms with Gasteiger partial charge in [-0.05, 0) is 50.2 Å². The van der Waals surface area contributed by atoms with Crippen molar-refractivity contribution in [2.24, 2.45) is 0 Å². The number of carbonyl (C=O) groups excluding carboxylic acids is 2. The van der Waals surface area contributed by atoms with Crippen LogP contribution in [0.1, 0.15) is 35.8 Å². The van der Waals surface area contributed by atoms with E-state index in [1.54, 1.807) is 11.3 Å². The fraction of sp³-hybridized carbons (Fsp3) is 0.364. The van der Waals surface area contributed by atoms with Crippen LogP contribution in [0.15, 0.2) is 41.5 Å². The van der Waals surface area contributed by atoms with Crippen molar-refractivity contribution in [1.29, 1.82) is 0 Å². The molecule has 1 aliphatic carbocycles. The third-order valence-corrected chi connectivity index (χ3v) is 6.56. The number of fused-ring (bicyclic) bond motifs is 3. The summed E-state index contributed by atoms with van der Waals surface area (Å²) in [4.78, 5) is 44.0. The molecule has 1 atom stereocenters. The second-order valence-corrected chi connectivity index (χ2v) is 8.57.